The molecule has 1 heterocycles. The molecule has 1 unspecified atom stereocenters. The average molecular weight is 261 g/mol. The number of hydrogen-bond donors (Lipinski definition) is 1. The van der Waals surface area contributed by atoms with Crippen molar-refractivity contribution in [3.8, 4) is 0 Å². The van der Waals surface area contributed by atoms with Gasteiger partial charge in [-0.05, 0) is 35.6 Å². The van der Waals surface area contributed by atoms with E-state index in [1.165, 1.54) is 34.0 Å². The highest BCUT2D eigenvalue weighted by molar-refractivity contribution is 7.05. The lowest BCUT2D eigenvalue weighted by molar-refractivity contribution is 0.638. The van der Waals surface area contributed by atoms with Crippen LogP contribution in [0.5, 0.6) is 0 Å². The van der Waals surface area contributed by atoms with E-state index in [1.807, 2.05) is 6.20 Å². The largest absolute Gasteiger partial charge is 0.306 e. The molecule has 2 aromatic rings. The Hall–Kier alpha value is -1.26. The maximum Gasteiger partial charge on any atom is 0.0703 e. The van der Waals surface area contributed by atoms with Crippen molar-refractivity contribution in [2.75, 3.05) is 6.54 Å². The van der Waals surface area contributed by atoms with Crippen molar-refractivity contribution in [3.63, 3.8) is 0 Å². The molecule has 0 aliphatic heterocycles. The Labute approximate surface area is 112 Å². The fourth-order valence-electron chi connectivity index (χ4n) is 2.05. The summed E-state index contributed by atoms with van der Waals surface area (Å²) in [7, 11) is 0. The normalized spacial score (nSPS) is 12.6. The minimum Gasteiger partial charge on any atom is -0.306 e. The lowest BCUT2D eigenvalue weighted by atomic mass is 10.0. The summed E-state index contributed by atoms with van der Waals surface area (Å²) >= 11 is 1.46. The molecule has 96 valence electrons. The molecule has 18 heavy (non-hydrogen) atoms. The van der Waals surface area contributed by atoms with Crippen LogP contribution in [-0.4, -0.2) is 16.1 Å². The molecular weight excluding hydrogens is 242 g/mol. The lowest BCUT2D eigenvalue weighted by Gasteiger charge is -2.16. The van der Waals surface area contributed by atoms with E-state index in [-0.39, 0.29) is 6.04 Å². The summed E-state index contributed by atoms with van der Waals surface area (Å²) in [6.07, 6.45) is 4.18. The fraction of sp³-hybridized carbons (Fsp3) is 0.429. The molecule has 1 N–H and O–H groups in total. The van der Waals surface area contributed by atoms with E-state index in [1.54, 1.807) is 0 Å². The Morgan fingerprint density at radius 2 is 2.00 bits per heavy atom. The second kappa shape index (κ2) is 6.61. The van der Waals surface area contributed by atoms with E-state index in [0.717, 1.165) is 13.0 Å². The standard InChI is InChI=1S/C14H19N3S/c1-3-5-11-6-8-12(9-7-11)14(15-4-2)13-10-16-17-18-13/h6-10,14-15H,3-5H2,1-2H3. The molecule has 0 fully saturated rings. The third-order valence-electron chi connectivity index (χ3n) is 2.92. The molecule has 0 saturated heterocycles. The highest BCUT2D eigenvalue weighted by Gasteiger charge is 2.14. The second-order valence-corrected chi connectivity index (χ2v) is 5.12. The van der Waals surface area contributed by atoms with Gasteiger partial charge in [-0.25, -0.2) is 0 Å². The molecule has 0 saturated carbocycles. The molecule has 0 bridgehead atoms. The van der Waals surface area contributed by atoms with Gasteiger partial charge in [-0.2, -0.15) is 0 Å². The summed E-state index contributed by atoms with van der Waals surface area (Å²) in [5, 5.41) is 7.41. The van der Waals surface area contributed by atoms with Gasteiger partial charge in [0.2, 0.25) is 0 Å². The van der Waals surface area contributed by atoms with Gasteiger partial charge in [0, 0.05) is 0 Å². The zero-order valence-electron chi connectivity index (χ0n) is 10.9. The molecule has 1 atom stereocenters. The summed E-state index contributed by atoms with van der Waals surface area (Å²) in [5.74, 6) is 0. The van der Waals surface area contributed by atoms with E-state index < -0.39 is 0 Å². The summed E-state index contributed by atoms with van der Waals surface area (Å²) < 4.78 is 3.95. The zero-order valence-corrected chi connectivity index (χ0v) is 11.7. The van der Waals surface area contributed by atoms with E-state index in [9.17, 15) is 0 Å². The summed E-state index contributed by atoms with van der Waals surface area (Å²) in [6, 6.07) is 9.07. The molecule has 0 amide bonds. The van der Waals surface area contributed by atoms with Gasteiger partial charge in [0.05, 0.1) is 17.1 Å². The average Bonchev–Trinajstić information content (AvgIpc) is 2.91. The van der Waals surface area contributed by atoms with Crippen molar-refractivity contribution in [2.45, 2.75) is 32.7 Å². The highest BCUT2D eigenvalue weighted by atomic mass is 32.1. The highest BCUT2D eigenvalue weighted by Crippen LogP contribution is 2.24. The van der Waals surface area contributed by atoms with Crippen molar-refractivity contribution in [1.29, 1.82) is 0 Å². The Kier molecular flexibility index (Phi) is 4.84. The lowest BCUT2D eigenvalue weighted by Crippen LogP contribution is -2.21. The van der Waals surface area contributed by atoms with Gasteiger partial charge in [0.25, 0.3) is 0 Å². The first-order valence-electron chi connectivity index (χ1n) is 6.44. The monoisotopic (exact) mass is 261 g/mol. The topological polar surface area (TPSA) is 37.8 Å². The van der Waals surface area contributed by atoms with Gasteiger partial charge in [-0.3, -0.25) is 0 Å². The fourth-order valence-corrected chi connectivity index (χ4v) is 2.66. The third-order valence-corrected chi connectivity index (χ3v) is 3.65. The third kappa shape index (κ3) is 3.15. The Balaban J connectivity index is 2.20. The zero-order chi connectivity index (χ0) is 12.8. The van der Waals surface area contributed by atoms with Gasteiger partial charge < -0.3 is 5.32 Å². The van der Waals surface area contributed by atoms with Gasteiger partial charge in [-0.15, -0.1) is 5.10 Å². The molecule has 0 radical (unpaired) electrons. The second-order valence-electron chi connectivity index (χ2n) is 4.30. The predicted octanol–water partition coefficient (Wildman–Crippen LogP) is 3.19. The van der Waals surface area contributed by atoms with Gasteiger partial charge in [0.1, 0.15) is 0 Å². The van der Waals surface area contributed by atoms with Crippen molar-refractivity contribution >= 4 is 11.5 Å². The Bertz CT molecular complexity index is 450. The van der Waals surface area contributed by atoms with Crippen LogP contribution in [0.1, 0.15) is 42.3 Å². The Morgan fingerprint density at radius 1 is 1.22 bits per heavy atom. The smallest absolute Gasteiger partial charge is 0.0703 e. The Morgan fingerprint density at radius 3 is 2.56 bits per heavy atom. The quantitative estimate of drug-likeness (QED) is 0.868. The van der Waals surface area contributed by atoms with Gasteiger partial charge >= 0.3 is 0 Å². The van der Waals surface area contributed by atoms with Crippen molar-refractivity contribution in [2.24, 2.45) is 0 Å². The van der Waals surface area contributed by atoms with E-state index in [0.29, 0.717) is 0 Å². The van der Waals surface area contributed by atoms with Crippen molar-refractivity contribution < 1.29 is 0 Å². The van der Waals surface area contributed by atoms with Crippen LogP contribution in [0, 0.1) is 0 Å². The van der Waals surface area contributed by atoms with Gasteiger partial charge in [0.15, 0.2) is 0 Å². The van der Waals surface area contributed by atoms with Crippen LogP contribution < -0.4 is 5.32 Å². The maximum atomic E-state index is 3.95. The molecule has 1 aromatic carbocycles. The number of rotatable bonds is 6. The van der Waals surface area contributed by atoms with Crippen molar-refractivity contribution in [3.05, 3.63) is 46.5 Å². The van der Waals surface area contributed by atoms with Crippen molar-refractivity contribution in [1.82, 2.24) is 14.9 Å². The van der Waals surface area contributed by atoms with Crippen LogP contribution in [0.4, 0.5) is 0 Å². The molecule has 0 spiro atoms. The molecule has 0 aliphatic carbocycles. The van der Waals surface area contributed by atoms with Crippen LogP contribution >= 0.6 is 11.5 Å². The van der Waals surface area contributed by atoms with Gasteiger partial charge in [-0.1, -0.05) is 49.0 Å². The summed E-state index contributed by atoms with van der Waals surface area (Å²) in [6.45, 7) is 5.25. The summed E-state index contributed by atoms with van der Waals surface area (Å²) in [4.78, 5) is 1.17. The van der Waals surface area contributed by atoms with Crippen LogP contribution in [-0.2, 0) is 6.42 Å². The SMILES string of the molecule is CCCc1ccc(C(NCC)c2cnns2)cc1. The first-order valence-corrected chi connectivity index (χ1v) is 7.22. The van der Waals surface area contributed by atoms with Crippen LogP contribution in [0.2, 0.25) is 0 Å². The molecule has 4 heteroatoms. The number of benzene rings is 1. The molecular formula is C14H19N3S. The summed E-state index contributed by atoms with van der Waals surface area (Å²) in [5.41, 5.74) is 2.68. The van der Waals surface area contributed by atoms with Crippen LogP contribution in [0.25, 0.3) is 0 Å². The predicted molar refractivity (Wildman–Crippen MR) is 75.9 cm³/mol. The van der Waals surface area contributed by atoms with E-state index >= 15 is 0 Å². The number of hydrogen-bond acceptors (Lipinski definition) is 4. The molecule has 1 aromatic heterocycles. The van der Waals surface area contributed by atoms with E-state index in [2.05, 4.69) is 53.0 Å². The number of nitrogens with one attached hydrogen (secondary N) is 1. The first-order chi connectivity index (χ1) is 8.85. The van der Waals surface area contributed by atoms with E-state index in [4.69, 9.17) is 0 Å². The number of aryl methyl sites for hydroxylation is 1. The van der Waals surface area contributed by atoms with Crippen LogP contribution in [0.15, 0.2) is 30.5 Å². The number of aromatic nitrogens is 2. The minimum absolute atomic E-state index is 0.214. The molecule has 0 aliphatic rings. The maximum absolute atomic E-state index is 3.95. The first kappa shape index (κ1) is 13.2. The number of nitrogens with zero attached hydrogens (tertiary/aromatic N) is 2. The van der Waals surface area contributed by atoms with Crippen LogP contribution in [0.3, 0.4) is 0 Å². The minimum atomic E-state index is 0.214. The molecule has 3 nitrogen and oxygen atoms in total. The molecule has 2 rings (SSSR count).